The highest BCUT2D eigenvalue weighted by atomic mass is 32.2. The van der Waals surface area contributed by atoms with Gasteiger partial charge in [0.25, 0.3) is 0 Å². The van der Waals surface area contributed by atoms with Crippen molar-refractivity contribution in [3.63, 3.8) is 0 Å². The quantitative estimate of drug-likeness (QED) is 0.329. The van der Waals surface area contributed by atoms with Crippen LogP contribution < -0.4 is 0 Å². The largest absolute Gasteiger partial charge is 0.356 e. The minimum Gasteiger partial charge on any atom is -0.356 e. The first kappa shape index (κ1) is 24.2. The summed E-state index contributed by atoms with van der Waals surface area (Å²) in [5, 5.41) is 5.29. The molecule has 3 heterocycles. The molecule has 0 spiro atoms. The zero-order chi connectivity index (χ0) is 23.5. The lowest BCUT2D eigenvalue weighted by Gasteiger charge is -2.37. The molecule has 0 bridgehead atoms. The number of hydrogen-bond acceptors (Lipinski definition) is 5. The highest BCUT2D eigenvalue weighted by molar-refractivity contribution is 8.17. The molecular formula is C28H35FN2OS2. The van der Waals surface area contributed by atoms with Crippen LogP contribution in [0.4, 0.5) is 4.39 Å². The topological polar surface area (TPSA) is 29.3 Å². The smallest absolute Gasteiger partial charge is 0.170 e. The van der Waals surface area contributed by atoms with E-state index in [1.54, 1.807) is 0 Å². The zero-order valence-corrected chi connectivity index (χ0v) is 21.8. The minimum absolute atomic E-state index is 0.274. The number of nitrogens with zero attached hydrogens (tertiary/aromatic N) is 2. The van der Waals surface area contributed by atoms with E-state index in [9.17, 15) is 4.39 Å². The standard InChI is InChI=1S/C28H35FN2OS2/c1-3-5-25(21-8-6-20(7-9-21)19(2)28-33-16-4-17-34-28)31-14-12-22(13-15-31)27-24-11-10-23(29)18-26(24)32-30-27/h6-11,18-19,22,25,28H,3-5,12-17H2,1-2H3. The molecule has 2 atom stereocenters. The average Bonchev–Trinajstić information content (AvgIpc) is 3.31. The first-order chi connectivity index (χ1) is 16.6. The molecule has 2 aromatic carbocycles. The fraction of sp³-hybridized carbons (Fsp3) is 0.536. The maximum absolute atomic E-state index is 13.5. The molecule has 0 N–H and O–H groups in total. The molecule has 6 heteroatoms. The summed E-state index contributed by atoms with van der Waals surface area (Å²) in [5.74, 6) is 3.30. The summed E-state index contributed by atoms with van der Waals surface area (Å²) < 4.78 is 19.7. The van der Waals surface area contributed by atoms with Gasteiger partial charge in [-0.2, -0.15) is 0 Å². The predicted octanol–water partition coefficient (Wildman–Crippen LogP) is 7.99. The van der Waals surface area contributed by atoms with Crippen molar-refractivity contribution < 1.29 is 8.91 Å². The van der Waals surface area contributed by atoms with Crippen LogP contribution in [0.15, 0.2) is 47.0 Å². The predicted molar refractivity (Wildman–Crippen MR) is 143 cm³/mol. The molecule has 182 valence electrons. The second-order valence-electron chi connectivity index (χ2n) is 9.74. The van der Waals surface area contributed by atoms with Crippen LogP contribution in [0.3, 0.4) is 0 Å². The molecule has 2 aliphatic rings. The van der Waals surface area contributed by atoms with Crippen LogP contribution in [-0.4, -0.2) is 39.2 Å². The molecule has 0 saturated carbocycles. The molecule has 2 aliphatic heterocycles. The van der Waals surface area contributed by atoms with Crippen molar-refractivity contribution in [2.24, 2.45) is 0 Å². The van der Waals surface area contributed by atoms with Gasteiger partial charge in [0.1, 0.15) is 5.82 Å². The van der Waals surface area contributed by atoms with Gasteiger partial charge in [-0.1, -0.05) is 49.7 Å². The number of piperidine rings is 1. The van der Waals surface area contributed by atoms with E-state index in [2.05, 4.69) is 71.7 Å². The molecule has 0 amide bonds. The SMILES string of the molecule is CCCC(c1ccc(C(C)C2SCCCS2)cc1)N1CCC(c2noc3cc(F)ccc23)CC1. The number of rotatable bonds is 7. The molecule has 2 saturated heterocycles. The molecule has 3 aromatic rings. The van der Waals surface area contributed by atoms with Crippen LogP contribution in [0.5, 0.6) is 0 Å². The third-order valence-corrected chi connectivity index (χ3v) is 10.8. The molecule has 5 rings (SSSR count). The summed E-state index contributed by atoms with van der Waals surface area (Å²) in [7, 11) is 0. The summed E-state index contributed by atoms with van der Waals surface area (Å²) >= 11 is 4.26. The first-order valence-corrected chi connectivity index (χ1v) is 14.9. The van der Waals surface area contributed by atoms with Gasteiger partial charge in [0, 0.05) is 29.3 Å². The van der Waals surface area contributed by atoms with E-state index >= 15 is 0 Å². The molecule has 0 aliphatic carbocycles. The normalized spacial score (nSPS) is 20.6. The van der Waals surface area contributed by atoms with Gasteiger partial charge in [0.2, 0.25) is 0 Å². The highest BCUT2D eigenvalue weighted by Gasteiger charge is 2.29. The van der Waals surface area contributed by atoms with Crippen LogP contribution in [-0.2, 0) is 0 Å². The molecule has 1 aromatic heterocycles. The fourth-order valence-electron chi connectivity index (χ4n) is 5.52. The Kier molecular flexibility index (Phi) is 7.87. The van der Waals surface area contributed by atoms with Gasteiger partial charge in [-0.25, -0.2) is 4.39 Å². The third kappa shape index (κ3) is 5.19. The van der Waals surface area contributed by atoms with Gasteiger partial charge < -0.3 is 4.52 Å². The Morgan fingerprint density at radius 3 is 2.47 bits per heavy atom. The van der Waals surface area contributed by atoms with Gasteiger partial charge in [0.05, 0.1) is 10.3 Å². The van der Waals surface area contributed by atoms with Crippen molar-refractivity contribution in [1.82, 2.24) is 10.1 Å². The van der Waals surface area contributed by atoms with Crippen LogP contribution in [0, 0.1) is 5.82 Å². The summed E-state index contributed by atoms with van der Waals surface area (Å²) in [6.07, 6.45) is 5.82. The number of benzene rings is 2. The van der Waals surface area contributed by atoms with Crippen molar-refractivity contribution in [3.05, 3.63) is 65.1 Å². The Balaban J connectivity index is 1.25. The number of fused-ring (bicyclic) bond motifs is 1. The van der Waals surface area contributed by atoms with Crippen molar-refractivity contribution in [1.29, 1.82) is 0 Å². The monoisotopic (exact) mass is 498 g/mol. The van der Waals surface area contributed by atoms with Gasteiger partial charge >= 0.3 is 0 Å². The second kappa shape index (κ2) is 11.0. The number of thioether (sulfide) groups is 2. The van der Waals surface area contributed by atoms with Crippen molar-refractivity contribution in [2.45, 2.75) is 68.4 Å². The van der Waals surface area contributed by atoms with E-state index in [4.69, 9.17) is 4.52 Å². The summed E-state index contributed by atoms with van der Waals surface area (Å²) in [6, 6.07) is 14.8. The Hall–Kier alpha value is -1.50. The van der Waals surface area contributed by atoms with Crippen LogP contribution in [0.25, 0.3) is 11.0 Å². The van der Waals surface area contributed by atoms with E-state index < -0.39 is 0 Å². The number of halogens is 1. The number of aromatic nitrogens is 1. The first-order valence-electron chi connectivity index (χ1n) is 12.8. The molecular weight excluding hydrogens is 463 g/mol. The molecule has 34 heavy (non-hydrogen) atoms. The Morgan fingerprint density at radius 1 is 1.06 bits per heavy atom. The minimum atomic E-state index is -0.274. The van der Waals surface area contributed by atoms with Crippen LogP contribution >= 0.6 is 23.5 Å². The zero-order valence-electron chi connectivity index (χ0n) is 20.2. The van der Waals surface area contributed by atoms with Crippen LogP contribution in [0.1, 0.15) is 80.7 Å². The summed E-state index contributed by atoms with van der Waals surface area (Å²) in [5.41, 5.74) is 4.47. The lowest BCUT2D eigenvalue weighted by atomic mass is 9.89. The van der Waals surface area contributed by atoms with E-state index in [-0.39, 0.29) is 5.82 Å². The van der Waals surface area contributed by atoms with E-state index in [0.29, 0.717) is 28.0 Å². The molecule has 0 radical (unpaired) electrons. The summed E-state index contributed by atoms with van der Waals surface area (Å²) in [6.45, 7) is 6.78. The second-order valence-corrected chi connectivity index (χ2v) is 12.5. The van der Waals surface area contributed by atoms with E-state index in [1.165, 1.54) is 54.0 Å². The summed E-state index contributed by atoms with van der Waals surface area (Å²) in [4.78, 5) is 2.66. The van der Waals surface area contributed by atoms with E-state index in [1.807, 2.05) is 6.07 Å². The Morgan fingerprint density at radius 2 is 1.76 bits per heavy atom. The lowest BCUT2D eigenvalue weighted by Crippen LogP contribution is -2.36. The Labute approximate surface area is 211 Å². The van der Waals surface area contributed by atoms with E-state index in [0.717, 1.165) is 37.0 Å². The lowest BCUT2D eigenvalue weighted by molar-refractivity contribution is 0.142. The van der Waals surface area contributed by atoms with Crippen molar-refractivity contribution >= 4 is 34.5 Å². The van der Waals surface area contributed by atoms with Gasteiger partial charge in [-0.3, -0.25) is 4.90 Å². The number of likely N-dealkylation sites (tertiary alicyclic amines) is 1. The highest BCUT2D eigenvalue weighted by Crippen LogP contribution is 2.41. The Bertz CT molecular complexity index is 1070. The maximum Gasteiger partial charge on any atom is 0.170 e. The molecule has 2 fully saturated rings. The van der Waals surface area contributed by atoms with Gasteiger partial charge in [0.15, 0.2) is 5.58 Å². The molecule has 2 unspecified atom stereocenters. The average molecular weight is 499 g/mol. The van der Waals surface area contributed by atoms with Gasteiger partial charge in [-0.05, 0) is 73.5 Å². The van der Waals surface area contributed by atoms with Crippen molar-refractivity contribution in [2.75, 3.05) is 24.6 Å². The van der Waals surface area contributed by atoms with Gasteiger partial charge in [-0.15, -0.1) is 23.5 Å². The number of hydrogen-bond donors (Lipinski definition) is 0. The fourth-order valence-corrected chi connectivity index (χ4v) is 8.64. The third-order valence-electron chi connectivity index (χ3n) is 7.49. The van der Waals surface area contributed by atoms with Crippen LogP contribution in [0.2, 0.25) is 0 Å². The maximum atomic E-state index is 13.5. The molecule has 3 nitrogen and oxygen atoms in total. The van der Waals surface area contributed by atoms with Crippen molar-refractivity contribution in [3.8, 4) is 0 Å².